The lowest BCUT2D eigenvalue weighted by molar-refractivity contribution is 0.102. The van der Waals surface area contributed by atoms with Crippen molar-refractivity contribution < 1.29 is 13.7 Å². The SMILES string of the molecule is O=C(Nc1ccon1)c1cc(F)ccc1Br. The van der Waals surface area contributed by atoms with Crippen molar-refractivity contribution in [3.63, 3.8) is 0 Å². The number of carbonyl (C=O) groups excluding carboxylic acids is 1. The van der Waals surface area contributed by atoms with E-state index < -0.39 is 11.7 Å². The summed E-state index contributed by atoms with van der Waals surface area (Å²) in [4.78, 5) is 11.7. The molecule has 1 aromatic carbocycles. The number of halogens is 2. The van der Waals surface area contributed by atoms with Gasteiger partial charge in [0.25, 0.3) is 5.91 Å². The van der Waals surface area contributed by atoms with E-state index in [1.807, 2.05) is 0 Å². The van der Waals surface area contributed by atoms with E-state index in [9.17, 15) is 9.18 Å². The quantitative estimate of drug-likeness (QED) is 0.923. The molecular formula is C10H6BrFN2O2. The van der Waals surface area contributed by atoms with Gasteiger partial charge in [-0.25, -0.2) is 4.39 Å². The number of carbonyl (C=O) groups is 1. The van der Waals surface area contributed by atoms with Crippen LogP contribution in [0.3, 0.4) is 0 Å². The van der Waals surface area contributed by atoms with Crippen LogP contribution < -0.4 is 5.32 Å². The van der Waals surface area contributed by atoms with Crippen LogP contribution in [-0.2, 0) is 0 Å². The summed E-state index contributed by atoms with van der Waals surface area (Å²) >= 11 is 3.16. The first kappa shape index (κ1) is 10.8. The molecule has 82 valence electrons. The van der Waals surface area contributed by atoms with Gasteiger partial charge in [-0.1, -0.05) is 5.16 Å². The zero-order chi connectivity index (χ0) is 11.5. The molecule has 0 radical (unpaired) electrons. The molecule has 4 nitrogen and oxygen atoms in total. The number of nitrogens with one attached hydrogen (secondary N) is 1. The summed E-state index contributed by atoms with van der Waals surface area (Å²) < 4.78 is 18.0. The predicted molar refractivity (Wildman–Crippen MR) is 58.6 cm³/mol. The minimum atomic E-state index is -0.478. The first-order valence-electron chi connectivity index (χ1n) is 4.33. The summed E-state index contributed by atoms with van der Waals surface area (Å²) in [6, 6.07) is 5.36. The number of nitrogens with zero attached hydrogens (tertiary/aromatic N) is 1. The molecule has 0 aliphatic heterocycles. The Morgan fingerprint density at radius 3 is 2.94 bits per heavy atom. The number of aromatic nitrogens is 1. The summed E-state index contributed by atoms with van der Waals surface area (Å²) in [5.74, 6) is -0.657. The number of anilines is 1. The summed E-state index contributed by atoms with van der Waals surface area (Å²) in [5.41, 5.74) is 0.197. The molecule has 2 rings (SSSR count). The van der Waals surface area contributed by atoms with Crippen molar-refractivity contribution in [2.24, 2.45) is 0 Å². The maximum absolute atomic E-state index is 13.0. The van der Waals surface area contributed by atoms with Gasteiger partial charge in [-0.3, -0.25) is 4.79 Å². The van der Waals surface area contributed by atoms with Gasteiger partial charge in [0.15, 0.2) is 5.82 Å². The van der Waals surface area contributed by atoms with Gasteiger partial charge in [0.1, 0.15) is 12.1 Å². The van der Waals surface area contributed by atoms with Crippen molar-refractivity contribution in [3.8, 4) is 0 Å². The molecule has 2 aromatic rings. The number of hydrogen-bond acceptors (Lipinski definition) is 3. The van der Waals surface area contributed by atoms with E-state index in [-0.39, 0.29) is 11.4 Å². The second kappa shape index (κ2) is 4.44. The second-order valence-corrected chi connectivity index (χ2v) is 3.82. The van der Waals surface area contributed by atoms with E-state index in [0.717, 1.165) is 6.07 Å². The highest BCUT2D eigenvalue weighted by atomic mass is 79.9. The summed E-state index contributed by atoms with van der Waals surface area (Å²) in [7, 11) is 0. The monoisotopic (exact) mass is 284 g/mol. The maximum atomic E-state index is 13.0. The molecular weight excluding hydrogens is 279 g/mol. The molecule has 0 aliphatic carbocycles. The Bertz CT molecular complexity index is 514. The van der Waals surface area contributed by atoms with Crippen LogP contribution in [0.5, 0.6) is 0 Å². The van der Waals surface area contributed by atoms with Gasteiger partial charge in [0.2, 0.25) is 0 Å². The van der Waals surface area contributed by atoms with Crippen molar-refractivity contribution in [1.82, 2.24) is 5.16 Å². The van der Waals surface area contributed by atoms with E-state index in [1.54, 1.807) is 0 Å². The molecule has 0 saturated carbocycles. The molecule has 0 aliphatic rings. The Labute approximate surface area is 98.6 Å². The average Bonchev–Trinajstić information content (AvgIpc) is 2.74. The molecule has 0 spiro atoms. The highest BCUT2D eigenvalue weighted by Gasteiger charge is 2.12. The Balaban J connectivity index is 2.24. The third-order valence-electron chi connectivity index (χ3n) is 1.85. The fourth-order valence-corrected chi connectivity index (χ4v) is 1.56. The van der Waals surface area contributed by atoms with Crippen molar-refractivity contribution in [1.29, 1.82) is 0 Å². The molecule has 6 heteroatoms. The number of amides is 1. The van der Waals surface area contributed by atoms with Crippen LogP contribution in [0.2, 0.25) is 0 Å². The smallest absolute Gasteiger partial charge is 0.258 e. The van der Waals surface area contributed by atoms with Crippen molar-refractivity contribution in [2.75, 3.05) is 5.32 Å². The van der Waals surface area contributed by atoms with Crippen LogP contribution >= 0.6 is 15.9 Å². The Morgan fingerprint density at radius 2 is 2.25 bits per heavy atom. The van der Waals surface area contributed by atoms with E-state index in [0.29, 0.717) is 4.47 Å². The largest absolute Gasteiger partial charge is 0.363 e. The maximum Gasteiger partial charge on any atom is 0.258 e. The first-order valence-corrected chi connectivity index (χ1v) is 5.13. The van der Waals surface area contributed by atoms with Gasteiger partial charge in [-0.05, 0) is 34.1 Å². The molecule has 1 amide bonds. The summed E-state index contributed by atoms with van der Waals surface area (Å²) in [6.07, 6.45) is 1.33. The molecule has 0 atom stereocenters. The van der Waals surface area contributed by atoms with Gasteiger partial charge >= 0.3 is 0 Å². The topological polar surface area (TPSA) is 55.1 Å². The summed E-state index contributed by atoms with van der Waals surface area (Å²) in [5, 5.41) is 5.98. The highest BCUT2D eigenvalue weighted by molar-refractivity contribution is 9.10. The molecule has 0 bridgehead atoms. The third-order valence-corrected chi connectivity index (χ3v) is 2.54. The number of rotatable bonds is 2. The Hall–Kier alpha value is -1.69. The van der Waals surface area contributed by atoms with Crippen molar-refractivity contribution in [2.45, 2.75) is 0 Å². The van der Waals surface area contributed by atoms with E-state index in [2.05, 4.69) is 30.9 Å². The standard InChI is InChI=1S/C10H6BrFN2O2/c11-8-2-1-6(12)5-7(8)10(15)13-9-3-4-16-14-9/h1-5H,(H,13,14,15). The van der Waals surface area contributed by atoms with Crippen LogP contribution in [0.4, 0.5) is 10.2 Å². The van der Waals surface area contributed by atoms with Crippen LogP contribution in [-0.4, -0.2) is 11.1 Å². The van der Waals surface area contributed by atoms with E-state index in [1.165, 1.54) is 24.5 Å². The van der Waals surface area contributed by atoms with E-state index in [4.69, 9.17) is 0 Å². The normalized spacial score (nSPS) is 10.1. The Morgan fingerprint density at radius 1 is 1.44 bits per heavy atom. The lowest BCUT2D eigenvalue weighted by Crippen LogP contribution is -2.13. The molecule has 0 saturated heterocycles. The zero-order valence-electron chi connectivity index (χ0n) is 7.91. The molecule has 1 heterocycles. The van der Waals surface area contributed by atoms with Crippen LogP contribution in [0.25, 0.3) is 0 Å². The van der Waals surface area contributed by atoms with Gasteiger partial charge in [-0.2, -0.15) is 0 Å². The minimum absolute atomic E-state index is 0.197. The Kier molecular flexibility index (Phi) is 3.00. The van der Waals surface area contributed by atoms with Crippen LogP contribution in [0.15, 0.2) is 39.5 Å². The molecule has 1 N–H and O–H groups in total. The fraction of sp³-hybridized carbons (Fsp3) is 0. The fourth-order valence-electron chi connectivity index (χ4n) is 1.13. The van der Waals surface area contributed by atoms with Gasteiger partial charge < -0.3 is 9.84 Å². The van der Waals surface area contributed by atoms with Crippen molar-refractivity contribution in [3.05, 3.63) is 46.4 Å². The first-order chi connectivity index (χ1) is 7.66. The number of benzene rings is 1. The third kappa shape index (κ3) is 2.27. The molecule has 0 unspecified atom stereocenters. The minimum Gasteiger partial charge on any atom is -0.363 e. The zero-order valence-corrected chi connectivity index (χ0v) is 9.49. The van der Waals surface area contributed by atoms with Crippen LogP contribution in [0.1, 0.15) is 10.4 Å². The van der Waals surface area contributed by atoms with Crippen LogP contribution in [0, 0.1) is 5.82 Å². The second-order valence-electron chi connectivity index (χ2n) is 2.96. The van der Waals surface area contributed by atoms with Gasteiger partial charge in [0, 0.05) is 10.5 Å². The van der Waals surface area contributed by atoms with E-state index >= 15 is 0 Å². The lowest BCUT2D eigenvalue weighted by atomic mass is 10.2. The lowest BCUT2D eigenvalue weighted by Gasteiger charge is -2.03. The highest BCUT2D eigenvalue weighted by Crippen LogP contribution is 2.19. The van der Waals surface area contributed by atoms with Crippen molar-refractivity contribution >= 4 is 27.7 Å². The molecule has 16 heavy (non-hydrogen) atoms. The predicted octanol–water partition coefficient (Wildman–Crippen LogP) is 2.83. The molecule has 0 fully saturated rings. The van der Waals surface area contributed by atoms with Gasteiger partial charge in [-0.15, -0.1) is 0 Å². The number of hydrogen-bond donors (Lipinski definition) is 1. The molecule has 1 aromatic heterocycles. The van der Waals surface area contributed by atoms with Gasteiger partial charge in [0.05, 0.1) is 5.56 Å². The summed E-state index contributed by atoms with van der Waals surface area (Å²) in [6.45, 7) is 0. The average molecular weight is 285 g/mol.